The predicted molar refractivity (Wildman–Crippen MR) is 102 cm³/mol. The Morgan fingerprint density at radius 1 is 0.731 bits per heavy atom. The van der Waals surface area contributed by atoms with Gasteiger partial charge in [-0.25, -0.2) is 9.59 Å². The fraction of sp³-hybridized carbons (Fsp3) is 0.182. The van der Waals surface area contributed by atoms with Crippen LogP contribution in [0, 0.1) is 13.8 Å². The molecule has 0 spiro atoms. The molecule has 0 aliphatic carbocycles. The van der Waals surface area contributed by atoms with Crippen molar-refractivity contribution in [3.63, 3.8) is 0 Å². The summed E-state index contributed by atoms with van der Waals surface area (Å²) in [5, 5.41) is 0. The molecule has 0 atom stereocenters. The van der Waals surface area contributed by atoms with Crippen LogP contribution in [0.4, 0.5) is 0 Å². The average molecular weight is 350 g/mol. The quantitative estimate of drug-likeness (QED) is 0.436. The number of aryl methyl sites for hydroxylation is 2. The van der Waals surface area contributed by atoms with Crippen molar-refractivity contribution >= 4 is 11.9 Å². The van der Waals surface area contributed by atoms with Gasteiger partial charge in [0.05, 0.1) is 0 Å². The van der Waals surface area contributed by atoms with E-state index in [0.29, 0.717) is 22.6 Å². The van der Waals surface area contributed by atoms with Gasteiger partial charge in [0.15, 0.2) is 0 Å². The van der Waals surface area contributed by atoms with Crippen LogP contribution in [0.15, 0.2) is 60.7 Å². The number of ether oxygens (including phenoxy) is 2. The molecule has 2 rings (SSSR count). The van der Waals surface area contributed by atoms with E-state index in [4.69, 9.17) is 9.47 Å². The molecular weight excluding hydrogens is 328 g/mol. The first kappa shape index (κ1) is 19.2. The third-order valence-electron chi connectivity index (χ3n) is 3.81. The average Bonchev–Trinajstić information content (AvgIpc) is 2.58. The molecule has 0 saturated carbocycles. The second kappa shape index (κ2) is 7.83. The zero-order valence-electron chi connectivity index (χ0n) is 15.5. The van der Waals surface area contributed by atoms with Gasteiger partial charge < -0.3 is 9.47 Å². The number of esters is 2. The summed E-state index contributed by atoms with van der Waals surface area (Å²) in [5.74, 6) is 0.00331. The van der Waals surface area contributed by atoms with E-state index in [2.05, 4.69) is 13.2 Å². The molecule has 4 nitrogen and oxygen atoms in total. The molecule has 0 bridgehead atoms. The Morgan fingerprint density at radius 2 is 1.08 bits per heavy atom. The van der Waals surface area contributed by atoms with Crippen LogP contribution in [0.1, 0.15) is 25.0 Å². The molecule has 0 heterocycles. The van der Waals surface area contributed by atoms with Gasteiger partial charge in [-0.2, -0.15) is 0 Å². The van der Waals surface area contributed by atoms with Crippen molar-refractivity contribution in [3.05, 3.63) is 71.8 Å². The SMILES string of the molecule is C=C(C)C(=O)Oc1cc(-c2ccc(C)c(OC(=O)C(=C)C)c2)ccc1C. The highest BCUT2D eigenvalue weighted by molar-refractivity contribution is 5.90. The van der Waals surface area contributed by atoms with E-state index < -0.39 is 11.9 Å². The van der Waals surface area contributed by atoms with Crippen molar-refractivity contribution in [2.24, 2.45) is 0 Å². The summed E-state index contributed by atoms with van der Waals surface area (Å²) in [5.41, 5.74) is 4.02. The normalized spacial score (nSPS) is 10.2. The second-order valence-electron chi connectivity index (χ2n) is 6.30. The topological polar surface area (TPSA) is 52.6 Å². The molecule has 26 heavy (non-hydrogen) atoms. The molecular formula is C22H22O4. The lowest BCUT2D eigenvalue weighted by Crippen LogP contribution is -2.09. The van der Waals surface area contributed by atoms with E-state index in [-0.39, 0.29) is 0 Å². The molecule has 0 aromatic heterocycles. The number of benzene rings is 2. The van der Waals surface area contributed by atoms with Gasteiger partial charge in [0.1, 0.15) is 11.5 Å². The molecule has 0 aliphatic rings. The number of rotatable bonds is 5. The van der Waals surface area contributed by atoms with Crippen molar-refractivity contribution in [2.45, 2.75) is 27.7 Å². The molecule has 134 valence electrons. The molecule has 2 aromatic rings. The van der Waals surface area contributed by atoms with Gasteiger partial charge in [-0.15, -0.1) is 0 Å². The van der Waals surface area contributed by atoms with Crippen molar-refractivity contribution in [1.29, 1.82) is 0 Å². The van der Waals surface area contributed by atoms with Crippen molar-refractivity contribution in [2.75, 3.05) is 0 Å². The molecule has 0 N–H and O–H groups in total. The van der Waals surface area contributed by atoms with Crippen LogP contribution in [-0.4, -0.2) is 11.9 Å². The Hall–Kier alpha value is -3.14. The number of carbonyl (C=O) groups is 2. The van der Waals surface area contributed by atoms with Crippen LogP contribution in [0.5, 0.6) is 11.5 Å². The summed E-state index contributed by atoms with van der Waals surface area (Å²) in [7, 11) is 0. The lowest BCUT2D eigenvalue weighted by molar-refractivity contribution is -0.131. The highest BCUT2D eigenvalue weighted by Gasteiger charge is 2.12. The van der Waals surface area contributed by atoms with Gasteiger partial charge in [0, 0.05) is 11.1 Å². The van der Waals surface area contributed by atoms with Crippen molar-refractivity contribution < 1.29 is 19.1 Å². The molecule has 0 unspecified atom stereocenters. The number of hydrogen-bond acceptors (Lipinski definition) is 4. The minimum Gasteiger partial charge on any atom is -0.423 e. The van der Waals surface area contributed by atoms with Crippen molar-refractivity contribution in [1.82, 2.24) is 0 Å². The Balaban J connectivity index is 2.39. The highest BCUT2D eigenvalue weighted by atomic mass is 16.5. The Morgan fingerprint density at radius 3 is 1.38 bits per heavy atom. The van der Waals surface area contributed by atoms with E-state index in [1.54, 1.807) is 26.0 Å². The number of hydrogen-bond donors (Lipinski definition) is 0. The molecule has 0 aliphatic heterocycles. The third kappa shape index (κ3) is 4.48. The Labute approximate surface area is 153 Å². The molecule has 0 saturated heterocycles. The van der Waals surface area contributed by atoms with Gasteiger partial charge in [0.2, 0.25) is 0 Å². The third-order valence-corrected chi connectivity index (χ3v) is 3.81. The predicted octanol–water partition coefficient (Wildman–Crippen LogP) is 4.93. The largest absolute Gasteiger partial charge is 0.423 e. The Kier molecular flexibility index (Phi) is 5.78. The first-order valence-electron chi connectivity index (χ1n) is 8.16. The zero-order chi connectivity index (χ0) is 19.4. The summed E-state index contributed by atoms with van der Waals surface area (Å²) in [6.07, 6.45) is 0. The van der Waals surface area contributed by atoms with Crippen LogP contribution in [0.3, 0.4) is 0 Å². The molecule has 0 radical (unpaired) electrons. The van der Waals surface area contributed by atoms with E-state index in [9.17, 15) is 9.59 Å². The summed E-state index contributed by atoms with van der Waals surface area (Å²) < 4.78 is 10.8. The van der Waals surface area contributed by atoms with Gasteiger partial charge in [-0.1, -0.05) is 37.4 Å². The molecule has 0 amide bonds. The fourth-order valence-corrected chi connectivity index (χ4v) is 2.15. The smallest absolute Gasteiger partial charge is 0.338 e. The van der Waals surface area contributed by atoms with Gasteiger partial charge in [-0.05, 0) is 62.1 Å². The van der Waals surface area contributed by atoms with E-state index >= 15 is 0 Å². The van der Waals surface area contributed by atoms with Gasteiger partial charge in [0.25, 0.3) is 0 Å². The van der Waals surface area contributed by atoms with Crippen LogP contribution < -0.4 is 9.47 Å². The molecule has 0 fully saturated rings. The van der Waals surface area contributed by atoms with Crippen LogP contribution >= 0.6 is 0 Å². The first-order chi connectivity index (χ1) is 12.2. The first-order valence-corrected chi connectivity index (χ1v) is 8.16. The maximum absolute atomic E-state index is 11.8. The minimum atomic E-state index is -0.467. The maximum atomic E-state index is 11.8. The molecule has 4 heteroatoms. The second-order valence-corrected chi connectivity index (χ2v) is 6.30. The number of carbonyl (C=O) groups excluding carboxylic acids is 2. The van der Waals surface area contributed by atoms with Gasteiger partial charge in [-0.3, -0.25) is 0 Å². The standard InChI is InChI=1S/C22H22O4/c1-13(2)21(23)25-19-11-17(9-7-15(19)5)18-10-8-16(6)20(12-18)26-22(24)14(3)4/h7-12H,1,3H2,2,4-6H3. The lowest BCUT2D eigenvalue weighted by Gasteiger charge is -2.12. The minimum absolute atomic E-state index is 0.333. The van der Waals surface area contributed by atoms with E-state index in [0.717, 1.165) is 22.3 Å². The summed E-state index contributed by atoms with van der Waals surface area (Å²) >= 11 is 0. The Bertz CT molecular complexity index is 831. The van der Waals surface area contributed by atoms with Crippen molar-refractivity contribution in [3.8, 4) is 22.6 Å². The molecule has 2 aromatic carbocycles. The highest BCUT2D eigenvalue weighted by Crippen LogP contribution is 2.31. The fourth-order valence-electron chi connectivity index (χ4n) is 2.15. The van der Waals surface area contributed by atoms with E-state index in [1.807, 2.05) is 38.1 Å². The summed E-state index contributed by atoms with van der Waals surface area (Å²) in [6, 6.07) is 11.1. The monoisotopic (exact) mass is 350 g/mol. The van der Waals surface area contributed by atoms with Crippen LogP contribution in [0.2, 0.25) is 0 Å². The summed E-state index contributed by atoms with van der Waals surface area (Å²) in [6.45, 7) is 14.1. The zero-order valence-corrected chi connectivity index (χ0v) is 15.5. The van der Waals surface area contributed by atoms with Crippen LogP contribution in [-0.2, 0) is 9.59 Å². The maximum Gasteiger partial charge on any atom is 0.338 e. The summed E-state index contributed by atoms with van der Waals surface area (Å²) in [4.78, 5) is 23.6. The van der Waals surface area contributed by atoms with Crippen LogP contribution in [0.25, 0.3) is 11.1 Å². The van der Waals surface area contributed by atoms with E-state index in [1.165, 1.54) is 0 Å². The van der Waals surface area contributed by atoms with Gasteiger partial charge >= 0.3 is 11.9 Å². The lowest BCUT2D eigenvalue weighted by atomic mass is 10.0.